The van der Waals surface area contributed by atoms with Crippen molar-refractivity contribution in [3.05, 3.63) is 66.7 Å². The fourth-order valence-electron chi connectivity index (χ4n) is 2.30. The number of nitrogens with zero attached hydrogens (tertiary/aromatic N) is 1. The zero-order chi connectivity index (χ0) is 18.3. The molecule has 0 aliphatic carbocycles. The van der Waals surface area contributed by atoms with Gasteiger partial charge in [-0.2, -0.15) is 0 Å². The molecule has 0 fully saturated rings. The Bertz CT molecular complexity index is 987. The van der Waals surface area contributed by atoms with E-state index >= 15 is 0 Å². The fraction of sp³-hybridized carbons (Fsp3) is 0. The molecule has 8 heteroatoms. The monoisotopic (exact) mass is 450 g/mol. The van der Waals surface area contributed by atoms with Gasteiger partial charge in [-0.05, 0) is 30.3 Å². The molecule has 0 amide bonds. The van der Waals surface area contributed by atoms with Gasteiger partial charge in [0.25, 0.3) is 0 Å². The molecule has 3 rings (SSSR count). The molecule has 0 saturated carbocycles. The van der Waals surface area contributed by atoms with Crippen LogP contribution in [0.4, 0.5) is 5.69 Å². The minimum atomic E-state index is 0.355. The maximum absolute atomic E-state index is 6.24. The van der Waals surface area contributed by atoms with Crippen LogP contribution in [-0.2, 0) is 0 Å². The first-order valence-corrected chi connectivity index (χ1v) is 9.10. The molecule has 0 spiro atoms. The summed E-state index contributed by atoms with van der Waals surface area (Å²) in [5.41, 5.74) is 9.01. The molecule has 0 bridgehead atoms. The van der Waals surface area contributed by atoms with Crippen LogP contribution in [0.25, 0.3) is 22.4 Å². The third-order valence-electron chi connectivity index (χ3n) is 3.50. The number of anilines is 1. The molecule has 0 saturated heterocycles. The number of hydrogen-bond donors (Lipinski definition) is 1. The summed E-state index contributed by atoms with van der Waals surface area (Å²) in [4.78, 5) is 4.40. The molecule has 0 aliphatic rings. The van der Waals surface area contributed by atoms with Gasteiger partial charge < -0.3 is 5.73 Å². The number of pyridine rings is 1. The van der Waals surface area contributed by atoms with Crippen LogP contribution in [0.5, 0.6) is 0 Å². The summed E-state index contributed by atoms with van der Waals surface area (Å²) in [5, 5.41) is 2.31. The van der Waals surface area contributed by atoms with Crippen LogP contribution in [0.2, 0.25) is 30.1 Å². The van der Waals surface area contributed by atoms with Gasteiger partial charge in [0.2, 0.25) is 0 Å². The van der Waals surface area contributed by atoms with Crippen LogP contribution in [0.3, 0.4) is 0 Å². The van der Waals surface area contributed by atoms with Gasteiger partial charge in [-0.15, -0.1) is 0 Å². The van der Waals surface area contributed by atoms with Crippen LogP contribution in [0, 0.1) is 0 Å². The highest BCUT2D eigenvalue weighted by Gasteiger charge is 2.15. The molecule has 25 heavy (non-hydrogen) atoms. The Kier molecular flexibility index (Phi) is 5.60. The van der Waals surface area contributed by atoms with E-state index in [-0.39, 0.29) is 0 Å². The van der Waals surface area contributed by atoms with Gasteiger partial charge in [0.15, 0.2) is 0 Å². The summed E-state index contributed by atoms with van der Waals surface area (Å²) in [6.45, 7) is 0. The lowest BCUT2D eigenvalue weighted by Crippen LogP contribution is -1.96. The van der Waals surface area contributed by atoms with Crippen molar-refractivity contribution in [1.29, 1.82) is 0 Å². The first-order valence-electron chi connectivity index (χ1n) is 6.83. The Morgan fingerprint density at radius 1 is 0.600 bits per heavy atom. The highest BCUT2D eigenvalue weighted by atomic mass is 35.5. The molecular weight excluding hydrogens is 445 g/mol. The van der Waals surface area contributed by atoms with Crippen molar-refractivity contribution < 1.29 is 0 Å². The van der Waals surface area contributed by atoms with Crippen LogP contribution in [0.1, 0.15) is 0 Å². The number of nitrogens with two attached hydrogens (primary N) is 1. The van der Waals surface area contributed by atoms with Gasteiger partial charge in [0, 0.05) is 22.9 Å². The Labute approximate surface area is 174 Å². The summed E-state index contributed by atoms with van der Waals surface area (Å²) >= 11 is 36.5. The average molecular weight is 453 g/mol. The lowest BCUT2D eigenvalue weighted by molar-refractivity contribution is 1.33. The molecule has 128 valence electrons. The second-order valence-electron chi connectivity index (χ2n) is 5.15. The van der Waals surface area contributed by atoms with E-state index in [1.54, 1.807) is 36.5 Å². The third-order valence-corrected chi connectivity index (χ3v) is 5.57. The van der Waals surface area contributed by atoms with E-state index in [0.29, 0.717) is 58.2 Å². The molecule has 0 atom stereocenters. The van der Waals surface area contributed by atoms with Gasteiger partial charge in [-0.3, -0.25) is 4.98 Å². The minimum Gasteiger partial charge on any atom is -0.397 e. The quantitative estimate of drug-likeness (QED) is 0.401. The normalized spacial score (nSPS) is 11.0. The molecule has 1 heterocycles. The summed E-state index contributed by atoms with van der Waals surface area (Å²) in [7, 11) is 0. The van der Waals surface area contributed by atoms with Crippen LogP contribution in [-0.4, -0.2) is 4.98 Å². The van der Waals surface area contributed by atoms with Crippen molar-refractivity contribution in [2.75, 3.05) is 5.73 Å². The van der Waals surface area contributed by atoms with Gasteiger partial charge >= 0.3 is 0 Å². The summed E-state index contributed by atoms with van der Waals surface area (Å²) in [6, 6.07) is 8.13. The Hall–Kier alpha value is -0.870. The Morgan fingerprint density at radius 2 is 1.08 bits per heavy atom. The largest absolute Gasteiger partial charge is 0.397 e. The SMILES string of the molecule is Nc1cc(-c2cc(Cl)c(Cl)cc2Cl)cnc1-c1cc(Cl)c(Cl)cc1Cl. The molecule has 3 aromatic rings. The van der Waals surface area contributed by atoms with Crippen LogP contribution >= 0.6 is 69.6 Å². The van der Waals surface area contributed by atoms with E-state index < -0.39 is 0 Å². The van der Waals surface area contributed by atoms with E-state index in [1.807, 2.05) is 0 Å². The topological polar surface area (TPSA) is 38.9 Å². The zero-order valence-corrected chi connectivity index (χ0v) is 16.8. The van der Waals surface area contributed by atoms with Crippen LogP contribution in [0.15, 0.2) is 36.5 Å². The van der Waals surface area contributed by atoms with Crippen molar-refractivity contribution in [1.82, 2.24) is 4.98 Å². The molecule has 2 aromatic carbocycles. The molecule has 0 aliphatic heterocycles. The van der Waals surface area contributed by atoms with Gasteiger partial charge in [-0.1, -0.05) is 69.6 Å². The minimum absolute atomic E-state index is 0.355. The molecule has 0 unspecified atom stereocenters. The van der Waals surface area contributed by atoms with Crippen molar-refractivity contribution in [2.24, 2.45) is 0 Å². The summed E-state index contributed by atoms with van der Waals surface area (Å²) in [6.07, 6.45) is 1.62. The first-order chi connectivity index (χ1) is 11.8. The number of nitrogen functional groups attached to an aromatic ring is 1. The van der Waals surface area contributed by atoms with Crippen molar-refractivity contribution in [3.8, 4) is 22.4 Å². The van der Waals surface area contributed by atoms with Crippen molar-refractivity contribution >= 4 is 75.3 Å². The third kappa shape index (κ3) is 3.80. The summed E-state index contributed by atoms with van der Waals surface area (Å²) in [5.74, 6) is 0. The smallest absolute Gasteiger partial charge is 0.0947 e. The predicted octanol–water partition coefficient (Wildman–Crippen LogP) is 7.92. The molecule has 2 N–H and O–H groups in total. The zero-order valence-electron chi connectivity index (χ0n) is 12.3. The van der Waals surface area contributed by atoms with Gasteiger partial charge in [0.1, 0.15) is 0 Å². The van der Waals surface area contributed by atoms with Gasteiger partial charge in [-0.25, -0.2) is 0 Å². The van der Waals surface area contributed by atoms with E-state index in [4.69, 9.17) is 75.3 Å². The van der Waals surface area contributed by atoms with E-state index in [1.165, 1.54) is 0 Å². The number of aromatic nitrogens is 1. The number of halogens is 6. The summed E-state index contributed by atoms with van der Waals surface area (Å²) < 4.78 is 0. The lowest BCUT2D eigenvalue weighted by Gasteiger charge is -2.12. The predicted molar refractivity (Wildman–Crippen MR) is 110 cm³/mol. The fourth-order valence-corrected chi connectivity index (χ4v) is 3.59. The maximum Gasteiger partial charge on any atom is 0.0947 e. The molecular formula is C17H8Cl6N2. The van der Waals surface area contributed by atoms with Crippen LogP contribution < -0.4 is 5.73 Å². The first kappa shape index (κ1) is 18.9. The average Bonchev–Trinajstić information content (AvgIpc) is 2.55. The highest BCUT2D eigenvalue weighted by molar-refractivity contribution is 6.44. The van der Waals surface area contributed by atoms with E-state index in [0.717, 1.165) is 0 Å². The van der Waals surface area contributed by atoms with E-state index in [2.05, 4.69) is 4.98 Å². The van der Waals surface area contributed by atoms with Gasteiger partial charge in [0.05, 0.1) is 41.5 Å². The molecule has 2 nitrogen and oxygen atoms in total. The van der Waals surface area contributed by atoms with Crippen molar-refractivity contribution in [3.63, 3.8) is 0 Å². The van der Waals surface area contributed by atoms with E-state index in [9.17, 15) is 0 Å². The number of rotatable bonds is 2. The standard InChI is InChI=1S/C17H8Cl6N2/c18-10-4-14(22)12(20)2-8(10)7-1-16(24)17(25-6-7)9-3-13(21)15(23)5-11(9)19/h1-6H,24H2. The Morgan fingerprint density at radius 3 is 1.64 bits per heavy atom. The Balaban J connectivity index is 2.11. The number of hydrogen-bond acceptors (Lipinski definition) is 2. The second-order valence-corrected chi connectivity index (χ2v) is 7.60. The molecule has 1 aromatic heterocycles. The second kappa shape index (κ2) is 7.40. The van der Waals surface area contributed by atoms with Crippen molar-refractivity contribution in [2.45, 2.75) is 0 Å². The highest BCUT2D eigenvalue weighted by Crippen LogP contribution is 2.39. The number of benzene rings is 2. The lowest BCUT2D eigenvalue weighted by atomic mass is 10.0. The maximum atomic E-state index is 6.24. The molecule has 0 radical (unpaired) electrons.